The van der Waals surface area contributed by atoms with E-state index in [1.165, 1.54) is 4.80 Å². The minimum Gasteiger partial charge on any atom is -0.337 e. The summed E-state index contributed by atoms with van der Waals surface area (Å²) in [5.41, 5.74) is 1.96. The van der Waals surface area contributed by atoms with E-state index in [2.05, 4.69) is 15.4 Å². The fourth-order valence-corrected chi connectivity index (χ4v) is 2.42. The third kappa shape index (κ3) is 3.48. The van der Waals surface area contributed by atoms with E-state index in [1.54, 1.807) is 11.9 Å². The van der Waals surface area contributed by atoms with Gasteiger partial charge in [0.15, 0.2) is 0 Å². The molecule has 6 heteroatoms. The minimum atomic E-state index is -0.0663. The second-order valence-corrected chi connectivity index (χ2v) is 5.60. The molecule has 6 nitrogen and oxygen atoms in total. The van der Waals surface area contributed by atoms with Crippen molar-refractivity contribution in [1.82, 2.24) is 25.1 Å². The molecule has 3 rings (SSSR count). The fourth-order valence-electron chi connectivity index (χ4n) is 2.42. The maximum Gasteiger partial charge on any atom is 0.246 e. The van der Waals surface area contributed by atoms with Crippen LogP contribution in [-0.2, 0) is 11.3 Å². The molecule has 0 spiro atoms. The van der Waals surface area contributed by atoms with E-state index in [0.717, 1.165) is 11.1 Å². The Labute approximate surface area is 140 Å². The van der Waals surface area contributed by atoms with Crippen LogP contribution < -0.4 is 0 Å². The molecule has 2 aromatic carbocycles. The lowest BCUT2D eigenvalue weighted by molar-refractivity contribution is -0.132. The first-order valence-corrected chi connectivity index (χ1v) is 7.79. The van der Waals surface area contributed by atoms with Crippen molar-refractivity contribution in [2.24, 2.45) is 0 Å². The van der Waals surface area contributed by atoms with E-state index in [1.807, 2.05) is 67.6 Å². The Morgan fingerprint density at radius 3 is 2.38 bits per heavy atom. The maximum atomic E-state index is 12.5. The molecule has 1 heterocycles. The van der Waals surface area contributed by atoms with E-state index >= 15 is 0 Å². The summed E-state index contributed by atoms with van der Waals surface area (Å²) in [5, 5.41) is 12.3. The third-order valence-corrected chi connectivity index (χ3v) is 4.02. The summed E-state index contributed by atoms with van der Waals surface area (Å²) in [4.78, 5) is 15.5. The fraction of sp³-hybridized carbons (Fsp3) is 0.222. The van der Waals surface area contributed by atoms with Gasteiger partial charge in [-0.05, 0) is 17.7 Å². The molecule has 0 saturated carbocycles. The number of tetrazole rings is 1. The number of carbonyl (C=O) groups is 1. The van der Waals surface area contributed by atoms with E-state index < -0.39 is 0 Å². The van der Waals surface area contributed by atoms with Crippen LogP contribution in [0.15, 0.2) is 60.7 Å². The molecule has 0 bridgehead atoms. The molecule has 0 saturated heterocycles. The number of amides is 1. The van der Waals surface area contributed by atoms with Gasteiger partial charge >= 0.3 is 0 Å². The summed E-state index contributed by atoms with van der Waals surface area (Å²) < 4.78 is 0. The van der Waals surface area contributed by atoms with Crippen LogP contribution in [0.1, 0.15) is 18.5 Å². The molecule has 1 atom stereocenters. The number of nitrogens with zero attached hydrogens (tertiary/aromatic N) is 5. The summed E-state index contributed by atoms with van der Waals surface area (Å²) in [7, 11) is 1.79. The van der Waals surface area contributed by atoms with E-state index in [4.69, 9.17) is 0 Å². The minimum absolute atomic E-state index is 0.0178. The van der Waals surface area contributed by atoms with Crippen LogP contribution in [0, 0.1) is 0 Å². The van der Waals surface area contributed by atoms with Crippen molar-refractivity contribution < 1.29 is 4.79 Å². The highest BCUT2D eigenvalue weighted by Crippen LogP contribution is 2.18. The number of hydrogen-bond donors (Lipinski definition) is 0. The van der Waals surface area contributed by atoms with Crippen LogP contribution >= 0.6 is 0 Å². The second kappa shape index (κ2) is 7.04. The molecule has 0 aliphatic heterocycles. The van der Waals surface area contributed by atoms with E-state index in [0.29, 0.717) is 5.82 Å². The summed E-state index contributed by atoms with van der Waals surface area (Å²) in [6.45, 7) is 2.06. The summed E-state index contributed by atoms with van der Waals surface area (Å²) in [6, 6.07) is 19.5. The molecule has 24 heavy (non-hydrogen) atoms. The van der Waals surface area contributed by atoms with Crippen molar-refractivity contribution in [3.63, 3.8) is 0 Å². The standard InChI is InChI=1S/C18H19N5O/c1-14(15-9-5-3-6-10-15)22(2)17(24)13-23-20-18(19-21-23)16-11-7-4-8-12-16/h3-12,14H,13H2,1-2H3. The van der Waals surface area contributed by atoms with Gasteiger partial charge in [-0.25, -0.2) is 0 Å². The van der Waals surface area contributed by atoms with Gasteiger partial charge in [0.25, 0.3) is 0 Å². The van der Waals surface area contributed by atoms with Crippen LogP contribution in [0.5, 0.6) is 0 Å². The first-order chi connectivity index (χ1) is 11.6. The number of benzene rings is 2. The topological polar surface area (TPSA) is 63.9 Å². The predicted molar refractivity (Wildman–Crippen MR) is 90.9 cm³/mol. The van der Waals surface area contributed by atoms with Gasteiger partial charge in [-0.3, -0.25) is 4.79 Å². The predicted octanol–water partition coefficient (Wildman–Crippen LogP) is 2.56. The Bertz CT molecular complexity index is 801. The zero-order valence-corrected chi connectivity index (χ0v) is 13.7. The van der Waals surface area contributed by atoms with E-state index in [-0.39, 0.29) is 18.5 Å². The van der Waals surface area contributed by atoms with E-state index in [9.17, 15) is 4.79 Å². The van der Waals surface area contributed by atoms with Crippen molar-refractivity contribution in [3.8, 4) is 11.4 Å². The van der Waals surface area contributed by atoms with Crippen LogP contribution in [-0.4, -0.2) is 38.1 Å². The summed E-state index contributed by atoms with van der Waals surface area (Å²) >= 11 is 0. The van der Waals surface area contributed by atoms with Gasteiger partial charge in [0.2, 0.25) is 11.7 Å². The summed E-state index contributed by atoms with van der Waals surface area (Å²) in [5.74, 6) is 0.450. The highest BCUT2D eigenvalue weighted by atomic mass is 16.2. The van der Waals surface area contributed by atoms with Gasteiger partial charge < -0.3 is 4.90 Å². The molecule has 0 aliphatic rings. The van der Waals surface area contributed by atoms with Crippen LogP contribution in [0.3, 0.4) is 0 Å². The molecule has 3 aromatic rings. The van der Waals surface area contributed by atoms with Gasteiger partial charge in [0.05, 0.1) is 6.04 Å². The van der Waals surface area contributed by atoms with Crippen molar-refractivity contribution in [2.75, 3.05) is 7.05 Å². The molecule has 0 N–H and O–H groups in total. The highest BCUT2D eigenvalue weighted by Gasteiger charge is 2.18. The molecule has 1 amide bonds. The lowest BCUT2D eigenvalue weighted by Crippen LogP contribution is -2.33. The molecular weight excluding hydrogens is 302 g/mol. The van der Waals surface area contributed by atoms with Gasteiger partial charge in [-0.15, -0.1) is 10.2 Å². The second-order valence-electron chi connectivity index (χ2n) is 5.60. The zero-order chi connectivity index (χ0) is 16.9. The highest BCUT2D eigenvalue weighted by molar-refractivity contribution is 5.76. The lowest BCUT2D eigenvalue weighted by Gasteiger charge is -2.25. The SMILES string of the molecule is CC(c1ccccc1)N(C)C(=O)Cn1nnc(-c2ccccc2)n1. The van der Waals surface area contributed by atoms with Crippen molar-refractivity contribution in [1.29, 1.82) is 0 Å². The van der Waals surface area contributed by atoms with Crippen LogP contribution in [0.4, 0.5) is 0 Å². The first kappa shape index (κ1) is 15.9. The van der Waals surface area contributed by atoms with Gasteiger partial charge in [-0.1, -0.05) is 60.7 Å². The van der Waals surface area contributed by atoms with Gasteiger partial charge in [0, 0.05) is 12.6 Å². The third-order valence-electron chi connectivity index (χ3n) is 4.02. The number of likely N-dealkylation sites (N-methyl/N-ethyl adjacent to an activating group) is 1. The number of hydrogen-bond acceptors (Lipinski definition) is 4. The zero-order valence-electron chi connectivity index (χ0n) is 13.7. The molecule has 122 valence electrons. The molecule has 1 unspecified atom stereocenters. The Balaban J connectivity index is 1.68. The quantitative estimate of drug-likeness (QED) is 0.724. The number of rotatable bonds is 5. The first-order valence-electron chi connectivity index (χ1n) is 7.79. The Hall–Kier alpha value is -3.02. The molecule has 0 radical (unpaired) electrons. The van der Waals surface area contributed by atoms with Crippen molar-refractivity contribution >= 4 is 5.91 Å². The van der Waals surface area contributed by atoms with Gasteiger partial charge in [-0.2, -0.15) is 4.80 Å². The smallest absolute Gasteiger partial charge is 0.246 e. The number of carbonyl (C=O) groups excluding carboxylic acids is 1. The largest absolute Gasteiger partial charge is 0.337 e. The monoisotopic (exact) mass is 321 g/mol. The average molecular weight is 321 g/mol. The lowest BCUT2D eigenvalue weighted by atomic mass is 10.1. The van der Waals surface area contributed by atoms with Crippen molar-refractivity contribution in [3.05, 3.63) is 66.2 Å². The Kier molecular flexibility index (Phi) is 4.65. The molecule has 0 aliphatic carbocycles. The Morgan fingerprint density at radius 1 is 1.08 bits per heavy atom. The van der Waals surface area contributed by atoms with Crippen LogP contribution in [0.2, 0.25) is 0 Å². The summed E-state index contributed by atoms with van der Waals surface area (Å²) in [6.07, 6.45) is 0. The average Bonchev–Trinajstić information content (AvgIpc) is 3.10. The maximum absolute atomic E-state index is 12.5. The number of aromatic nitrogens is 4. The normalized spacial score (nSPS) is 11.9. The van der Waals surface area contributed by atoms with Crippen LogP contribution in [0.25, 0.3) is 11.4 Å². The molecule has 0 fully saturated rings. The molecule has 1 aromatic heterocycles. The Morgan fingerprint density at radius 2 is 1.71 bits per heavy atom. The van der Waals surface area contributed by atoms with Crippen molar-refractivity contribution in [2.45, 2.75) is 19.5 Å². The van der Waals surface area contributed by atoms with Gasteiger partial charge in [0.1, 0.15) is 6.54 Å². The molecular formula is C18H19N5O.